The second-order valence-corrected chi connectivity index (χ2v) is 45.4. The molecule has 16 rings (SSSR count). The highest BCUT2D eigenvalue weighted by Crippen LogP contribution is 2.51. The van der Waals surface area contributed by atoms with Gasteiger partial charge in [0.05, 0.1) is 20.1 Å². The maximum Gasteiger partial charge on any atom is 0.162 e. The molecule has 0 heterocycles. The summed E-state index contributed by atoms with van der Waals surface area (Å²) in [6.07, 6.45) is 42.8. The van der Waals surface area contributed by atoms with E-state index in [2.05, 4.69) is 48.5 Å². The highest BCUT2D eigenvalue weighted by molar-refractivity contribution is 6.32. The third kappa shape index (κ3) is 27.8. The van der Waals surface area contributed by atoms with Gasteiger partial charge in [-0.2, -0.15) is 0 Å². The lowest BCUT2D eigenvalue weighted by molar-refractivity contribution is 0.164. The van der Waals surface area contributed by atoms with Gasteiger partial charge >= 0.3 is 0 Å². The maximum absolute atomic E-state index is 14.4. The molecule has 0 unspecified atom stereocenters. The fraction of sp³-hybridized carbons (Fsp3) is 0.641. The predicted octanol–water partition coefficient (Wildman–Crippen LogP) is 42.0. The zero-order valence-electron chi connectivity index (χ0n) is 83.7. The molecule has 744 valence electrons. The molecule has 9 saturated carbocycles. The molecule has 0 radical (unpaired) electrons. The topological polar surface area (TPSA) is 0 Å². The highest BCUT2D eigenvalue weighted by Gasteiger charge is 2.38. The smallest absolute Gasteiger partial charge is 0.162 e. The van der Waals surface area contributed by atoms with E-state index in [0.717, 1.165) is 240 Å². The van der Waals surface area contributed by atoms with Gasteiger partial charge in [0, 0.05) is 12.8 Å². The van der Waals surface area contributed by atoms with Gasteiger partial charge in [-0.25, -0.2) is 43.9 Å². The van der Waals surface area contributed by atoms with Crippen molar-refractivity contribution in [2.24, 2.45) is 65.1 Å². The lowest BCUT2D eigenvalue weighted by Gasteiger charge is -2.37. The number of halogens is 14. The third-order valence-corrected chi connectivity index (χ3v) is 35.0. The van der Waals surface area contributed by atoms with Gasteiger partial charge in [0.15, 0.2) is 34.9 Å². The van der Waals surface area contributed by atoms with Crippen molar-refractivity contribution >= 4 is 46.4 Å². The quantitative estimate of drug-likeness (QED) is 0.126. The van der Waals surface area contributed by atoms with Crippen molar-refractivity contribution in [1.82, 2.24) is 0 Å². The first-order valence-corrected chi connectivity index (χ1v) is 52.6. The summed E-state index contributed by atoms with van der Waals surface area (Å²) < 4.78 is 141. The Bertz CT molecular complexity index is 4370. The molecule has 0 amide bonds. The van der Waals surface area contributed by atoms with E-state index in [1.54, 1.807) is 40.7 Å². The summed E-state index contributed by atoms with van der Waals surface area (Å²) in [6, 6.07) is 13.3. The standard InChI is InChI=1S/2C21H30F2.4C15H20ClF.C15H20F2.9H2/c2*1-13-4-6-16(7-5-13)17-8-10-18(11-9-17)19-14(2)12-15(3)20(22)21(19)23;2*1-9-4-6-12(7-5-9)13-10(2)8-11(3)15(17)14(13)16;3*1-9-4-6-12(7-5-9)13-10(2)8-11(3)14(16)15(13)17;;;;;;;;;/h2*12-13,16-18H,4-11H2,1-3H3;5*8-9,12H,4-7H2,1-3H3;9*1H. The molecule has 0 bridgehead atoms. The maximum atomic E-state index is 14.4. The Hall–Kier alpha value is -5.00. The van der Waals surface area contributed by atoms with E-state index in [4.69, 9.17) is 46.4 Å². The van der Waals surface area contributed by atoms with Crippen molar-refractivity contribution in [2.75, 3.05) is 0 Å². The number of hydrogen-bond donors (Lipinski definition) is 0. The number of rotatable bonds is 9. The van der Waals surface area contributed by atoms with Gasteiger partial charge in [-0.1, -0.05) is 227 Å². The molecule has 9 fully saturated rings. The van der Waals surface area contributed by atoms with Crippen LogP contribution in [0.25, 0.3) is 0 Å². The van der Waals surface area contributed by atoms with Crippen LogP contribution in [-0.2, 0) is 0 Å². The van der Waals surface area contributed by atoms with Crippen molar-refractivity contribution in [3.63, 3.8) is 0 Å². The Morgan fingerprint density at radius 3 is 0.496 bits per heavy atom. The minimum Gasteiger partial charge on any atom is -0.205 e. The van der Waals surface area contributed by atoms with E-state index >= 15 is 0 Å². The van der Waals surface area contributed by atoms with Gasteiger partial charge in [0.2, 0.25) is 0 Å². The molecule has 0 N–H and O–H groups in total. The summed E-state index contributed by atoms with van der Waals surface area (Å²) in [7, 11) is 0. The van der Waals surface area contributed by atoms with E-state index in [1.807, 2.05) is 98.7 Å². The fourth-order valence-electron chi connectivity index (χ4n) is 25.0. The van der Waals surface area contributed by atoms with Gasteiger partial charge in [-0.05, 0) is 462 Å². The predicted molar refractivity (Wildman–Crippen MR) is 554 cm³/mol. The Balaban J connectivity index is 0.000000811. The molecule has 0 aromatic heterocycles. The van der Waals surface area contributed by atoms with Crippen LogP contribution in [0.15, 0.2) is 42.5 Å². The van der Waals surface area contributed by atoms with Crippen molar-refractivity contribution in [3.05, 3.63) is 238 Å². The molecule has 0 nitrogen and oxygen atoms in total. The van der Waals surface area contributed by atoms with Crippen LogP contribution in [0.2, 0.25) is 20.1 Å². The number of aryl methyl sites for hydroxylation is 14. The minimum atomic E-state index is -0.663. The third-order valence-electron chi connectivity index (χ3n) is 33.4. The minimum absolute atomic E-state index is 0. The van der Waals surface area contributed by atoms with Crippen LogP contribution < -0.4 is 0 Å². The molecule has 9 aliphatic carbocycles. The average Bonchev–Trinajstić information content (AvgIpc) is 1.73. The van der Waals surface area contributed by atoms with Gasteiger partial charge in [0.25, 0.3) is 0 Å². The first-order valence-electron chi connectivity index (χ1n) is 51.1. The molecule has 0 atom stereocenters. The average molecular weight is 1920 g/mol. The van der Waals surface area contributed by atoms with E-state index in [0.29, 0.717) is 88.3 Å². The van der Waals surface area contributed by atoms with Crippen LogP contribution in [0.3, 0.4) is 0 Å². The first-order chi connectivity index (χ1) is 62.0. The molecule has 131 heavy (non-hydrogen) atoms. The van der Waals surface area contributed by atoms with E-state index in [9.17, 15) is 43.9 Å². The molecular weight excluding hydrogens is 1740 g/mol. The zero-order valence-corrected chi connectivity index (χ0v) is 86.7. The number of benzene rings is 7. The van der Waals surface area contributed by atoms with Crippen molar-refractivity contribution in [2.45, 2.75) is 418 Å². The normalized spacial score (nSPS) is 27.5. The van der Waals surface area contributed by atoms with Crippen molar-refractivity contribution in [3.8, 4) is 0 Å². The Labute approximate surface area is 818 Å². The van der Waals surface area contributed by atoms with Gasteiger partial charge < -0.3 is 0 Å². The lowest BCUT2D eigenvalue weighted by Crippen LogP contribution is -2.25. The van der Waals surface area contributed by atoms with Gasteiger partial charge in [0.1, 0.15) is 23.3 Å². The number of hydrogen-bond acceptors (Lipinski definition) is 0. The molecule has 0 spiro atoms. The van der Waals surface area contributed by atoms with Crippen molar-refractivity contribution in [1.29, 1.82) is 0 Å². The summed E-state index contributed by atoms with van der Waals surface area (Å²) in [5.41, 5.74) is 17.2. The van der Waals surface area contributed by atoms with Crippen LogP contribution >= 0.6 is 46.4 Å². The Morgan fingerprint density at radius 1 is 0.160 bits per heavy atom. The molecule has 0 saturated heterocycles. The van der Waals surface area contributed by atoms with E-state index in [-0.39, 0.29) is 53.9 Å². The van der Waals surface area contributed by atoms with E-state index in [1.165, 1.54) is 128 Å². The van der Waals surface area contributed by atoms with Crippen LogP contribution in [0.5, 0.6) is 0 Å². The molecule has 14 heteroatoms. The van der Waals surface area contributed by atoms with Crippen LogP contribution in [-0.4, -0.2) is 0 Å². The first kappa shape index (κ1) is 108. The lowest BCUT2D eigenvalue weighted by atomic mass is 9.68. The SMILES string of the molecule is Cc1cc(C)c(C2CCC(C)CC2)c(Cl)c1F.Cc1cc(C)c(C2CCC(C)CC2)c(Cl)c1F.Cc1cc(C)c(C2CCC(C)CC2)c(F)c1Cl.Cc1cc(C)c(C2CCC(C)CC2)c(F)c1Cl.Cc1cc(C)c(C2CCC(C)CC2)c(F)c1F.Cc1cc(C)c(C2CCC(C3CCC(C)CC3)CC2)c(F)c1F.Cc1cc(C)c(C2CCC(C3CCC(C)CC3)CC2)c(F)c1F.[HH].[HH].[HH].[HH].[HH].[HH].[HH].[HH].[HH]. The highest BCUT2D eigenvalue weighted by atomic mass is 35.5. The molecular formula is C117H178Cl4F10. The Kier molecular flexibility index (Phi) is 40.8. The summed E-state index contributed by atoms with van der Waals surface area (Å²) in [5.74, 6) is 6.83. The van der Waals surface area contributed by atoms with Crippen LogP contribution in [0.1, 0.15) is 451 Å². The van der Waals surface area contributed by atoms with Crippen LogP contribution in [0, 0.1) is 220 Å². The fourth-order valence-corrected chi connectivity index (χ4v) is 26.3. The second-order valence-electron chi connectivity index (χ2n) is 43.9. The Morgan fingerprint density at radius 2 is 0.298 bits per heavy atom. The summed E-state index contributed by atoms with van der Waals surface area (Å²) in [4.78, 5) is 0. The molecule has 0 aliphatic heterocycles. The largest absolute Gasteiger partial charge is 0.205 e. The van der Waals surface area contributed by atoms with Crippen LogP contribution in [0.4, 0.5) is 43.9 Å². The summed E-state index contributed by atoms with van der Waals surface area (Å²) in [6.45, 7) is 42.2. The molecule has 9 aliphatic rings. The van der Waals surface area contributed by atoms with Gasteiger partial charge in [-0.3, -0.25) is 0 Å². The van der Waals surface area contributed by atoms with Crippen molar-refractivity contribution < 1.29 is 56.7 Å². The van der Waals surface area contributed by atoms with Gasteiger partial charge in [-0.15, -0.1) is 0 Å². The monoisotopic (exact) mass is 1910 g/mol. The molecule has 7 aromatic carbocycles. The van der Waals surface area contributed by atoms with E-state index < -0.39 is 34.9 Å². The summed E-state index contributed by atoms with van der Waals surface area (Å²) >= 11 is 24.5. The zero-order chi connectivity index (χ0) is 96.0. The summed E-state index contributed by atoms with van der Waals surface area (Å²) in [5, 5.41) is 1.34. The second kappa shape index (κ2) is 49.5. The molecule has 7 aromatic rings.